The zero-order chi connectivity index (χ0) is 12.3. The van der Waals surface area contributed by atoms with Crippen LogP contribution in [0.25, 0.3) is 0 Å². The van der Waals surface area contributed by atoms with Gasteiger partial charge in [-0.05, 0) is 26.0 Å². The van der Waals surface area contributed by atoms with Gasteiger partial charge in [0.25, 0.3) is 0 Å². The highest BCUT2D eigenvalue weighted by atomic mass is 79.9. The van der Waals surface area contributed by atoms with Crippen LogP contribution in [-0.4, -0.2) is 17.2 Å². The van der Waals surface area contributed by atoms with E-state index in [1.165, 1.54) is 6.07 Å². The number of hydrogen-bond acceptors (Lipinski definition) is 2. The number of carbonyl (C=O) groups excluding carboxylic acids is 1. The fourth-order valence-corrected chi connectivity index (χ4v) is 1.66. The summed E-state index contributed by atoms with van der Waals surface area (Å²) in [6.45, 7) is 3.65. The van der Waals surface area contributed by atoms with Crippen LogP contribution < -0.4 is 4.74 Å². The van der Waals surface area contributed by atoms with Crippen LogP contribution in [-0.2, 0) is 0 Å². The molecule has 0 aliphatic rings. The van der Waals surface area contributed by atoms with Crippen molar-refractivity contribution in [2.45, 2.75) is 20.0 Å². The van der Waals surface area contributed by atoms with E-state index in [2.05, 4.69) is 15.9 Å². The van der Waals surface area contributed by atoms with Crippen LogP contribution in [0.2, 0.25) is 5.02 Å². The standard InChI is InChI=1S/C11H11BrClFO2/c1-6(2)16-11-3-7(10(15)5-12)9(14)4-8(11)13/h3-4,6H,5H2,1-2H3. The summed E-state index contributed by atoms with van der Waals surface area (Å²) in [4.78, 5) is 11.4. The maximum Gasteiger partial charge on any atom is 0.176 e. The molecule has 0 unspecified atom stereocenters. The van der Waals surface area contributed by atoms with Crippen molar-refractivity contribution in [2.75, 3.05) is 5.33 Å². The molecule has 2 nitrogen and oxygen atoms in total. The van der Waals surface area contributed by atoms with Crippen molar-refractivity contribution < 1.29 is 13.9 Å². The molecule has 0 fully saturated rings. The Morgan fingerprint density at radius 2 is 2.19 bits per heavy atom. The summed E-state index contributed by atoms with van der Waals surface area (Å²) in [6.07, 6.45) is -0.0881. The molecule has 0 aromatic heterocycles. The van der Waals surface area contributed by atoms with Crippen LogP contribution in [0.3, 0.4) is 0 Å². The number of Topliss-reactive ketones (excluding diaryl/α,β-unsaturated/α-hetero) is 1. The molecule has 1 aromatic rings. The highest BCUT2D eigenvalue weighted by molar-refractivity contribution is 9.09. The molecule has 0 saturated heterocycles. The molecule has 0 atom stereocenters. The summed E-state index contributed by atoms with van der Waals surface area (Å²) in [5.41, 5.74) is -0.0167. The van der Waals surface area contributed by atoms with Gasteiger partial charge in [0.1, 0.15) is 11.6 Å². The van der Waals surface area contributed by atoms with E-state index in [1.807, 2.05) is 13.8 Å². The van der Waals surface area contributed by atoms with Crippen molar-refractivity contribution in [1.82, 2.24) is 0 Å². The lowest BCUT2D eigenvalue weighted by Gasteiger charge is -2.12. The maximum atomic E-state index is 13.4. The van der Waals surface area contributed by atoms with E-state index in [0.717, 1.165) is 6.07 Å². The zero-order valence-corrected chi connectivity index (χ0v) is 11.2. The zero-order valence-electron chi connectivity index (χ0n) is 8.89. The van der Waals surface area contributed by atoms with Crippen molar-refractivity contribution in [2.24, 2.45) is 0 Å². The summed E-state index contributed by atoms with van der Waals surface area (Å²) >= 11 is 8.79. The fraction of sp³-hybridized carbons (Fsp3) is 0.364. The van der Waals surface area contributed by atoms with Gasteiger partial charge in [0.2, 0.25) is 0 Å². The Labute approximate surface area is 107 Å². The minimum absolute atomic E-state index is 0.0167. The molecule has 0 aliphatic carbocycles. The van der Waals surface area contributed by atoms with Crippen molar-refractivity contribution in [3.63, 3.8) is 0 Å². The Kier molecular flexibility index (Phi) is 4.74. The van der Waals surface area contributed by atoms with E-state index in [9.17, 15) is 9.18 Å². The van der Waals surface area contributed by atoms with E-state index in [4.69, 9.17) is 16.3 Å². The minimum atomic E-state index is -0.634. The molecule has 1 aromatic carbocycles. The lowest BCUT2D eigenvalue weighted by molar-refractivity contribution is 0.101. The van der Waals surface area contributed by atoms with Crippen molar-refractivity contribution in [1.29, 1.82) is 0 Å². The first-order valence-corrected chi connectivity index (χ1v) is 6.20. The van der Waals surface area contributed by atoms with Gasteiger partial charge in [0.05, 0.1) is 22.0 Å². The Balaban J connectivity index is 3.16. The third-order valence-corrected chi connectivity index (χ3v) is 2.61. The molecule has 0 aliphatic heterocycles. The first-order valence-electron chi connectivity index (χ1n) is 4.70. The molecule has 0 saturated carbocycles. The van der Waals surface area contributed by atoms with Gasteiger partial charge in [-0.1, -0.05) is 27.5 Å². The third-order valence-electron chi connectivity index (χ3n) is 1.81. The maximum absolute atomic E-state index is 13.4. The van der Waals surface area contributed by atoms with Gasteiger partial charge in [-0.3, -0.25) is 4.79 Å². The molecule has 16 heavy (non-hydrogen) atoms. The van der Waals surface area contributed by atoms with Crippen LogP contribution in [0.5, 0.6) is 5.75 Å². The van der Waals surface area contributed by atoms with E-state index >= 15 is 0 Å². The molecule has 0 radical (unpaired) electrons. The Hall–Kier alpha value is -0.610. The van der Waals surface area contributed by atoms with Gasteiger partial charge >= 0.3 is 0 Å². The number of carbonyl (C=O) groups is 1. The predicted molar refractivity (Wildman–Crippen MR) is 65.3 cm³/mol. The SMILES string of the molecule is CC(C)Oc1cc(C(=O)CBr)c(F)cc1Cl. The molecule has 1 rings (SSSR count). The highest BCUT2D eigenvalue weighted by Crippen LogP contribution is 2.29. The number of ether oxygens (including phenoxy) is 1. The number of alkyl halides is 1. The van der Waals surface area contributed by atoms with E-state index in [1.54, 1.807) is 0 Å². The average Bonchev–Trinajstić information content (AvgIpc) is 2.20. The number of benzene rings is 1. The quantitative estimate of drug-likeness (QED) is 0.624. The number of ketones is 1. The predicted octanol–water partition coefficient (Wildman–Crippen LogP) is 3.84. The molecule has 0 heterocycles. The molecular weight excluding hydrogens is 298 g/mol. The van der Waals surface area contributed by atoms with E-state index in [-0.39, 0.29) is 27.8 Å². The van der Waals surface area contributed by atoms with Gasteiger partial charge in [0.15, 0.2) is 5.78 Å². The summed E-state index contributed by atoms with van der Waals surface area (Å²) in [5, 5.41) is 0.226. The number of hydrogen-bond donors (Lipinski definition) is 0. The largest absolute Gasteiger partial charge is 0.489 e. The van der Waals surface area contributed by atoms with Crippen molar-refractivity contribution in [3.8, 4) is 5.75 Å². The molecule has 0 N–H and O–H groups in total. The van der Waals surface area contributed by atoms with Gasteiger partial charge in [-0.15, -0.1) is 0 Å². The van der Waals surface area contributed by atoms with Gasteiger partial charge < -0.3 is 4.74 Å². The summed E-state index contributed by atoms with van der Waals surface area (Å²) in [7, 11) is 0. The Bertz CT molecular complexity index is 407. The number of rotatable bonds is 4. The van der Waals surface area contributed by atoms with Crippen LogP contribution >= 0.6 is 27.5 Å². The van der Waals surface area contributed by atoms with Crippen LogP contribution in [0, 0.1) is 5.82 Å². The molecule has 0 bridgehead atoms. The Morgan fingerprint density at radius 1 is 1.56 bits per heavy atom. The van der Waals surface area contributed by atoms with Crippen molar-refractivity contribution in [3.05, 3.63) is 28.5 Å². The lowest BCUT2D eigenvalue weighted by Crippen LogP contribution is -2.09. The lowest BCUT2D eigenvalue weighted by atomic mass is 10.1. The van der Waals surface area contributed by atoms with E-state index < -0.39 is 5.82 Å². The first kappa shape index (κ1) is 13.5. The average molecular weight is 310 g/mol. The molecule has 0 spiro atoms. The highest BCUT2D eigenvalue weighted by Gasteiger charge is 2.15. The molecule has 88 valence electrons. The molecular formula is C11H11BrClFO2. The number of halogens is 3. The topological polar surface area (TPSA) is 26.3 Å². The van der Waals surface area contributed by atoms with Crippen LogP contribution in [0.15, 0.2) is 12.1 Å². The normalized spacial score (nSPS) is 10.6. The summed E-state index contributed by atoms with van der Waals surface area (Å²) < 4.78 is 18.8. The van der Waals surface area contributed by atoms with Crippen LogP contribution in [0.1, 0.15) is 24.2 Å². The van der Waals surface area contributed by atoms with Gasteiger partial charge in [-0.25, -0.2) is 4.39 Å². The minimum Gasteiger partial charge on any atom is -0.489 e. The monoisotopic (exact) mass is 308 g/mol. The van der Waals surface area contributed by atoms with Crippen LogP contribution in [0.4, 0.5) is 4.39 Å². The van der Waals surface area contributed by atoms with Gasteiger partial charge in [-0.2, -0.15) is 0 Å². The first-order chi connectivity index (χ1) is 7.45. The summed E-state index contributed by atoms with van der Waals surface area (Å²) in [5.74, 6) is -0.657. The van der Waals surface area contributed by atoms with Crippen molar-refractivity contribution >= 4 is 33.3 Å². The smallest absolute Gasteiger partial charge is 0.176 e. The second kappa shape index (κ2) is 5.64. The van der Waals surface area contributed by atoms with Gasteiger partial charge in [0, 0.05) is 0 Å². The second-order valence-electron chi connectivity index (χ2n) is 3.49. The second-order valence-corrected chi connectivity index (χ2v) is 4.45. The molecule has 0 amide bonds. The van der Waals surface area contributed by atoms with E-state index in [0.29, 0.717) is 5.75 Å². The Morgan fingerprint density at radius 3 is 2.69 bits per heavy atom. The third kappa shape index (κ3) is 3.19. The summed E-state index contributed by atoms with van der Waals surface area (Å²) in [6, 6.07) is 2.43. The molecule has 5 heteroatoms. The fourth-order valence-electron chi connectivity index (χ4n) is 1.16.